The van der Waals surface area contributed by atoms with Gasteiger partial charge in [-0.2, -0.15) is 0 Å². The maximum atomic E-state index is 12.4. The van der Waals surface area contributed by atoms with E-state index < -0.39 is 27.5 Å². The van der Waals surface area contributed by atoms with E-state index in [0.717, 1.165) is 0 Å². The van der Waals surface area contributed by atoms with E-state index in [4.69, 9.17) is 0 Å². The van der Waals surface area contributed by atoms with Crippen molar-refractivity contribution >= 4 is 27.6 Å². The molecule has 7 nitrogen and oxygen atoms in total. The molecular weight excluding hydrogens is 306 g/mol. The van der Waals surface area contributed by atoms with Crippen LogP contribution in [0.25, 0.3) is 0 Å². The molecule has 2 N–H and O–H groups in total. The average Bonchev–Trinajstić information content (AvgIpc) is 2.74. The van der Waals surface area contributed by atoms with Gasteiger partial charge in [0.25, 0.3) is 5.91 Å². The molecule has 8 heteroatoms. The first kappa shape index (κ1) is 14.8. The number of carbonyl (C=O) groups is 2. The van der Waals surface area contributed by atoms with Crippen LogP contribution in [0.4, 0.5) is 10.5 Å². The number of hydrogen-bond donors (Lipinski definition) is 2. The number of amides is 3. The number of para-hydroxylation sites is 1. The summed E-state index contributed by atoms with van der Waals surface area (Å²) in [6.07, 6.45) is 0.730. The van der Waals surface area contributed by atoms with E-state index in [2.05, 4.69) is 10.6 Å². The van der Waals surface area contributed by atoms with Crippen molar-refractivity contribution in [2.75, 3.05) is 16.6 Å². The zero-order valence-electron chi connectivity index (χ0n) is 12.1. The minimum Gasteiger partial charge on any atom is -0.319 e. The molecule has 2 heterocycles. The highest BCUT2D eigenvalue weighted by molar-refractivity contribution is 7.92. The fourth-order valence-corrected chi connectivity index (χ4v) is 4.66. The van der Waals surface area contributed by atoms with E-state index in [1.165, 1.54) is 4.31 Å². The summed E-state index contributed by atoms with van der Waals surface area (Å²) in [7, 11) is -3.44. The van der Waals surface area contributed by atoms with Crippen LogP contribution >= 0.6 is 0 Å². The second kappa shape index (κ2) is 4.98. The SMILES string of the molecule is CCCS(=O)(=O)N1CCC2(NC(=O)NC2=O)c2ccccc21. The molecule has 0 aliphatic carbocycles. The Labute approximate surface area is 128 Å². The molecule has 0 radical (unpaired) electrons. The number of nitrogens with one attached hydrogen (secondary N) is 2. The van der Waals surface area contributed by atoms with Gasteiger partial charge < -0.3 is 5.32 Å². The van der Waals surface area contributed by atoms with Crippen LogP contribution in [0.2, 0.25) is 0 Å². The number of hydrogen-bond acceptors (Lipinski definition) is 4. The number of fused-ring (bicyclic) bond motifs is 2. The molecule has 1 saturated heterocycles. The molecule has 1 aromatic rings. The van der Waals surface area contributed by atoms with Crippen molar-refractivity contribution in [3.8, 4) is 0 Å². The first-order valence-corrected chi connectivity index (χ1v) is 8.75. The molecule has 0 saturated carbocycles. The summed E-state index contributed by atoms with van der Waals surface area (Å²) in [6, 6.07) is 6.26. The van der Waals surface area contributed by atoms with Gasteiger partial charge in [-0.3, -0.25) is 14.4 Å². The second-order valence-electron chi connectivity index (χ2n) is 5.47. The molecule has 2 aliphatic rings. The number of nitrogens with zero attached hydrogens (tertiary/aromatic N) is 1. The van der Waals surface area contributed by atoms with Gasteiger partial charge in [0, 0.05) is 18.5 Å². The summed E-state index contributed by atoms with van der Waals surface area (Å²) in [5, 5.41) is 4.90. The number of sulfonamides is 1. The lowest BCUT2D eigenvalue weighted by Gasteiger charge is -2.39. The normalized spacial score (nSPS) is 24.1. The molecule has 2 aliphatic heterocycles. The van der Waals surface area contributed by atoms with Gasteiger partial charge in [-0.1, -0.05) is 25.1 Å². The number of rotatable bonds is 3. The van der Waals surface area contributed by atoms with Crippen molar-refractivity contribution in [3.63, 3.8) is 0 Å². The molecule has 1 spiro atoms. The van der Waals surface area contributed by atoms with Gasteiger partial charge in [0.2, 0.25) is 10.0 Å². The van der Waals surface area contributed by atoms with Crippen LogP contribution in [-0.4, -0.2) is 32.7 Å². The Bertz CT molecular complexity index is 746. The van der Waals surface area contributed by atoms with Crippen LogP contribution in [0.15, 0.2) is 24.3 Å². The zero-order valence-corrected chi connectivity index (χ0v) is 12.9. The van der Waals surface area contributed by atoms with Crippen LogP contribution in [0.3, 0.4) is 0 Å². The molecule has 3 amide bonds. The highest BCUT2D eigenvalue weighted by atomic mass is 32.2. The molecule has 1 atom stereocenters. The van der Waals surface area contributed by atoms with Gasteiger partial charge in [-0.15, -0.1) is 0 Å². The highest BCUT2D eigenvalue weighted by Gasteiger charge is 2.52. The Morgan fingerprint density at radius 2 is 2.00 bits per heavy atom. The summed E-state index contributed by atoms with van der Waals surface area (Å²) >= 11 is 0. The number of benzene rings is 1. The third-order valence-electron chi connectivity index (χ3n) is 4.06. The average molecular weight is 323 g/mol. The summed E-state index contributed by atoms with van der Waals surface area (Å²) in [5.41, 5.74) is -0.199. The molecule has 1 aromatic carbocycles. The maximum absolute atomic E-state index is 12.4. The predicted molar refractivity (Wildman–Crippen MR) is 80.8 cm³/mol. The van der Waals surface area contributed by atoms with E-state index in [1.54, 1.807) is 31.2 Å². The van der Waals surface area contributed by atoms with Gasteiger partial charge in [0.1, 0.15) is 5.54 Å². The van der Waals surface area contributed by atoms with Gasteiger partial charge in [-0.05, 0) is 12.5 Å². The van der Waals surface area contributed by atoms with Crippen LogP contribution < -0.4 is 14.9 Å². The molecular formula is C14H17N3O4S. The summed E-state index contributed by atoms with van der Waals surface area (Å²) in [5.74, 6) is -0.384. The Morgan fingerprint density at radius 1 is 1.27 bits per heavy atom. The van der Waals surface area contributed by atoms with E-state index in [-0.39, 0.29) is 18.7 Å². The Kier molecular flexibility index (Phi) is 3.36. The second-order valence-corrected chi connectivity index (χ2v) is 7.48. The van der Waals surface area contributed by atoms with Crippen molar-refractivity contribution < 1.29 is 18.0 Å². The zero-order chi connectivity index (χ0) is 16.0. The molecule has 118 valence electrons. The van der Waals surface area contributed by atoms with Crippen LogP contribution in [-0.2, 0) is 20.4 Å². The molecule has 0 aromatic heterocycles. The first-order valence-electron chi connectivity index (χ1n) is 7.14. The Morgan fingerprint density at radius 3 is 2.64 bits per heavy atom. The summed E-state index contributed by atoms with van der Waals surface area (Å²) < 4.78 is 26.2. The standard InChI is InChI=1S/C14H17N3O4S/c1-2-9-22(20,21)17-8-7-14(12(18)15-13(19)16-14)10-5-3-4-6-11(10)17/h3-6H,2,7-9H2,1H3,(H2,15,16,18,19). The van der Waals surface area contributed by atoms with E-state index in [9.17, 15) is 18.0 Å². The van der Waals surface area contributed by atoms with E-state index in [1.807, 2.05) is 0 Å². The maximum Gasteiger partial charge on any atom is 0.322 e. The minimum atomic E-state index is -3.44. The van der Waals surface area contributed by atoms with E-state index in [0.29, 0.717) is 17.7 Å². The Hall–Kier alpha value is -2.09. The van der Waals surface area contributed by atoms with Crippen LogP contribution in [0.5, 0.6) is 0 Å². The van der Waals surface area contributed by atoms with Gasteiger partial charge >= 0.3 is 6.03 Å². The minimum absolute atomic E-state index is 0.0485. The molecule has 3 rings (SSSR count). The lowest BCUT2D eigenvalue weighted by Crippen LogP contribution is -2.52. The van der Waals surface area contributed by atoms with Gasteiger partial charge in [-0.25, -0.2) is 13.2 Å². The third kappa shape index (κ3) is 2.06. The van der Waals surface area contributed by atoms with E-state index >= 15 is 0 Å². The van der Waals surface area contributed by atoms with Crippen molar-refractivity contribution in [1.82, 2.24) is 10.6 Å². The van der Waals surface area contributed by atoms with Crippen molar-refractivity contribution in [2.45, 2.75) is 25.3 Å². The van der Waals surface area contributed by atoms with Gasteiger partial charge in [0.15, 0.2) is 0 Å². The number of anilines is 1. The van der Waals surface area contributed by atoms with Crippen molar-refractivity contribution in [3.05, 3.63) is 29.8 Å². The number of carbonyl (C=O) groups excluding carboxylic acids is 2. The quantitative estimate of drug-likeness (QED) is 0.799. The van der Waals surface area contributed by atoms with Gasteiger partial charge in [0.05, 0.1) is 11.4 Å². The molecule has 1 fully saturated rings. The Balaban J connectivity index is 2.12. The summed E-state index contributed by atoms with van der Waals surface area (Å²) in [4.78, 5) is 23.8. The van der Waals surface area contributed by atoms with Crippen molar-refractivity contribution in [1.29, 1.82) is 0 Å². The topological polar surface area (TPSA) is 95.6 Å². The van der Waals surface area contributed by atoms with Crippen LogP contribution in [0.1, 0.15) is 25.3 Å². The lowest BCUT2D eigenvalue weighted by molar-refractivity contribution is -0.124. The van der Waals surface area contributed by atoms with Crippen LogP contribution in [0, 0.1) is 0 Å². The largest absolute Gasteiger partial charge is 0.322 e. The molecule has 22 heavy (non-hydrogen) atoms. The highest BCUT2D eigenvalue weighted by Crippen LogP contribution is 2.41. The number of imide groups is 1. The summed E-state index contributed by atoms with van der Waals surface area (Å²) in [6.45, 7) is 1.96. The predicted octanol–water partition coefficient (Wildman–Crippen LogP) is 0.671. The fraction of sp³-hybridized carbons (Fsp3) is 0.429. The fourth-order valence-electron chi connectivity index (χ4n) is 3.09. The first-order chi connectivity index (χ1) is 10.4. The molecule has 1 unspecified atom stereocenters. The monoisotopic (exact) mass is 323 g/mol. The smallest absolute Gasteiger partial charge is 0.319 e. The number of urea groups is 1. The third-order valence-corrected chi connectivity index (χ3v) is 6.04. The molecule has 0 bridgehead atoms. The van der Waals surface area contributed by atoms with Crippen molar-refractivity contribution in [2.24, 2.45) is 0 Å². The lowest BCUT2D eigenvalue weighted by atomic mass is 9.83.